The van der Waals surface area contributed by atoms with Crippen LogP contribution < -0.4 is 10.1 Å². The van der Waals surface area contributed by atoms with Crippen LogP contribution >= 0.6 is 0 Å². The number of benzene rings is 1. The van der Waals surface area contributed by atoms with E-state index in [0.717, 1.165) is 5.56 Å². The van der Waals surface area contributed by atoms with E-state index in [0.29, 0.717) is 5.75 Å². The fraction of sp³-hybridized carbons (Fsp3) is 0.286. The van der Waals surface area contributed by atoms with E-state index in [9.17, 15) is 9.59 Å². The normalized spacial score (nSPS) is 9.32. The molecule has 1 rings (SSSR count). The number of rotatable bonds is 5. The van der Waals surface area contributed by atoms with E-state index >= 15 is 0 Å². The van der Waals surface area contributed by atoms with E-state index in [4.69, 9.17) is 15.9 Å². The van der Waals surface area contributed by atoms with Crippen LogP contribution in [0.5, 0.6) is 5.75 Å². The molecule has 5 heteroatoms. The maximum absolute atomic E-state index is 11.8. The highest BCUT2D eigenvalue weighted by atomic mass is 16.5. The number of esters is 1. The van der Waals surface area contributed by atoms with Crippen molar-refractivity contribution in [3.63, 3.8) is 0 Å². The Morgan fingerprint density at radius 1 is 1.42 bits per heavy atom. The summed E-state index contributed by atoms with van der Waals surface area (Å²) in [6.45, 7) is 1.57. The van der Waals surface area contributed by atoms with Gasteiger partial charge in [-0.1, -0.05) is 17.6 Å². The third-order valence-electron chi connectivity index (χ3n) is 2.30. The summed E-state index contributed by atoms with van der Waals surface area (Å²) in [6, 6.07) is 5.13. The van der Waals surface area contributed by atoms with Gasteiger partial charge in [0.05, 0.1) is 13.7 Å². The van der Waals surface area contributed by atoms with Crippen LogP contribution in [-0.4, -0.2) is 32.1 Å². The zero-order chi connectivity index (χ0) is 14.3. The molecule has 1 N–H and O–H groups in total. The summed E-state index contributed by atoms with van der Waals surface area (Å²) in [4.78, 5) is 23.1. The molecule has 0 fully saturated rings. The number of terminal acetylenes is 1. The van der Waals surface area contributed by atoms with Crippen LogP contribution in [0.2, 0.25) is 0 Å². The Balaban J connectivity index is 2.66. The summed E-state index contributed by atoms with van der Waals surface area (Å²) in [5.41, 5.74) is 1.18. The number of carbonyl (C=O) groups excluding carboxylic acids is 2. The Labute approximate surface area is 111 Å². The molecule has 100 valence electrons. The fourth-order valence-corrected chi connectivity index (χ4v) is 1.39. The second-order valence-electron chi connectivity index (χ2n) is 3.76. The third-order valence-corrected chi connectivity index (χ3v) is 2.30. The molecule has 0 spiro atoms. The number of methoxy groups -OCH3 is 1. The predicted molar refractivity (Wildman–Crippen MR) is 69.9 cm³/mol. The largest absolute Gasteiger partial charge is 0.496 e. The Kier molecular flexibility index (Phi) is 5.42. The van der Waals surface area contributed by atoms with Crippen LogP contribution in [-0.2, 0) is 9.53 Å². The summed E-state index contributed by atoms with van der Waals surface area (Å²) in [7, 11) is 1.46. The van der Waals surface area contributed by atoms with E-state index < -0.39 is 11.9 Å². The standard InChI is InChI=1S/C14H15NO4/c1-4-7-15-13(16)9-19-14(17)11-8-10(2)5-6-12(11)18-3/h1,5-6,8H,7,9H2,2-3H3,(H,15,16). The quantitative estimate of drug-likeness (QED) is 0.632. The Morgan fingerprint density at radius 2 is 2.16 bits per heavy atom. The van der Waals surface area contributed by atoms with E-state index in [1.165, 1.54) is 7.11 Å². The van der Waals surface area contributed by atoms with Crippen molar-refractivity contribution in [1.82, 2.24) is 5.32 Å². The van der Waals surface area contributed by atoms with Gasteiger partial charge in [0.25, 0.3) is 5.91 Å². The summed E-state index contributed by atoms with van der Waals surface area (Å²) in [6.07, 6.45) is 4.99. The third kappa shape index (κ3) is 4.36. The number of amides is 1. The van der Waals surface area contributed by atoms with E-state index in [-0.39, 0.29) is 18.7 Å². The molecule has 1 amide bonds. The summed E-state index contributed by atoms with van der Waals surface area (Å²) in [5.74, 6) is 1.59. The van der Waals surface area contributed by atoms with Gasteiger partial charge < -0.3 is 14.8 Å². The minimum Gasteiger partial charge on any atom is -0.496 e. The molecule has 19 heavy (non-hydrogen) atoms. The zero-order valence-electron chi connectivity index (χ0n) is 10.9. The Morgan fingerprint density at radius 3 is 2.79 bits per heavy atom. The summed E-state index contributed by atoms with van der Waals surface area (Å²) in [5, 5.41) is 2.40. The Bertz CT molecular complexity index is 517. The molecule has 0 aliphatic carbocycles. The first-order chi connectivity index (χ1) is 9.08. The van der Waals surface area contributed by atoms with Crippen molar-refractivity contribution in [2.45, 2.75) is 6.92 Å². The van der Waals surface area contributed by atoms with Gasteiger partial charge in [0.2, 0.25) is 0 Å². The Hall–Kier alpha value is -2.48. The summed E-state index contributed by atoms with van der Waals surface area (Å²) < 4.78 is 9.95. The van der Waals surface area contributed by atoms with Gasteiger partial charge in [0.15, 0.2) is 6.61 Å². The number of hydrogen-bond donors (Lipinski definition) is 1. The molecule has 0 unspecified atom stereocenters. The average Bonchev–Trinajstić information content (AvgIpc) is 2.42. The second kappa shape index (κ2) is 7.07. The van der Waals surface area contributed by atoms with Crippen molar-refractivity contribution in [1.29, 1.82) is 0 Å². The van der Waals surface area contributed by atoms with E-state index in [1.54, 1.807) is 12.1 Å². The molecule has 5 nitrogen and oxygen atoms in total. The minimum atomic E-state index is -0.614. The van der Waals surface area contributed by atoms with Crippen molar-refractivity contribution >= 4 is 11.9 Å². The van der Waals surface area contributed by atoms with Crippen molar-refractivity contribution in [2.24, 2.45) is 0 Å². The molecule has 0 saturated heterocycles. The molecule has 0 aromatic heterocycles. The maximum atomic E-state index is 11.8. The van der Waals surface area contributed by atoms with E-state index in [2.05, 4.69) is 11.2 Å². The molecular formula is C14H15NO4. The van der Waals surface area contributed by atoms with Crippen LogP contribution in [0, 0.1) is 19.3 Å². The lowest BCUT2D eigenvalue weighted by atomic mass is 10.1. The van der Waals surface area contributed by atoms with Crippen LogP contribution in [0.15, 0.2) is 18.2 Å². The maximum Gasteiger partial charge on any atom is 0.342 e. The lowest BCUT2D eigenvalue weighted by Crippen LogP contribution is -2.29. The molecule has 0 heterocycles. The van der Waals surface area contributed by atoms with E-state index in [1.807, 2.05) is 13.0 Å². The topological polar surface area (TPSA) is 64.6 Å². The van der Waals surface area contributed by atoms with Gasteiger partial charge in [0.1, 0.15) is 11.3 Å². The molecule has 1 aromatic rings. The second-order valence-corrected chi connectivity index (χ2v) is 3.76. The number of nitrogens with one attached hydrogen (secondary N) is 1. The zero-order valence-corrected chi connectivity index (χ0v) is 10.9. The molecule has 0 aliphatic heterocycles. The lowest BCUT2D eigenvalue weighted by molar-refractivity contribution is -0.123. The van der Waals surface area contributed by atoms with Crippen LogP contribution in [0.25, 0.3) is 0 Å². The van der Waals surface area contributed by atoms with Crippen LogP contribution in [0.1, 0.15) is 15.9 Å². The molecule has 0 bridgehead atoms. The smallest absolute Gasteiger partial charge is 0.342 e. The number of aryl methyl sites for hydroxylation is 1. The number of ether oxygens (including phenoxy) is 2. The average molecular weight is 261 g/mol. The molecule has 0 atom stereocenters. The first-order valence-electron chi connectivity index (χ1n) is 5.60. The van der Waals surface area contributed by atoms with Crippen molar-refractivity contribution in [3.8, 4) is 18.1 Å². The highest BCUT2D eigenvalue weighted by Crippen LogP contribution is 2.20. The van der Waals surface area contributed by atoms with Gasteiger partial charge in [-0.25, -0.2) is 4.79 Å². The monoisotopic (exact) mass is 261 g/mol. The SMILES string of the molecule is C#CCNC(=O)COC(=O)c1cc(C)ccc1OC. The molecular weight excluding hydrogens is 246 g/mol. The highest BCUT2D eigenvalue weighted by Gasteiger charge is 2.15. The number of hydrogen-bond acceptors (Lipinski definition) is 4. The van der Waals surface area contributed by atoms with Crippen molar-refractivity contribution in [2.75, 3.05) is 20.3 Å². The minimum absolute atomic E-state index is 0.101. The molecule has 1 aromatic carbocycles. The van der Waals surface area contributed by atoms with Gasteiger partial charge in [-0.05, 0) is 19.1 Å². The van der Waals surface area contributed by atoms with Gasteiger partial charge in [-0.15, -0.1) is 6.42 Å². The lowest BCUT2D eigenvalue weighted by Gasteiger charge is -2.09. The van der Waals surface area contributed by atoms with Gasteiger partial charge >= 0.3 is 5.97 Å². The molecule has 0 saturated carbocycles. The van der Waals surface area contributed by atoms with Gasteiger partial charge in [0, 0.05) is 0 Å². The number of carbonyl (C=O) groups is 2. The van der Waals surface area contributed by atoms with Crippen molar-refractivity contribution < 1.29 is 19.1 Å². The fourth-order valence-electron chi connectivity index (χ4n) is 1.39. The van der Waals surface area contributed by atoms with Gasteiger partial charge in [-0.3, -0.25) is 4.79 Å². The first kappa shape index (κ1) is 14.6. The highest BCUT2D eigenvalue weighted by molar-refractivity contribution is 5.94. The van der Waals surface area contributed by atoms with Crippen LogP contribution in [0.3, 0.4) is 0 Å². The predicted octanol–water partition coefficient (Wildman–Crippen LogP) is 0.910. The van der Waals surface area contributed by atoms with Gasteiger partial charge in [-0.2, -0.15) is 0 Å². The molecule has 0 aliphatic rings. The first-order valence-corrected chi connectivity index (χ1v) is 5.60. The van der Waals surface area contributed by atoms with Crippen molar-refractivity contribution in [3.05, 3.63) is 29.3 Å². The summed E-state index contributed by atoms with van der Waals surface area (Å²) >= 11 is 0. The molecule has 0 radical (unpaired) electrons. The van der Waals surface area contributed by atoms with Crippen LogP contribution in [0.4, 0.5) is 0 Å².